The van der Waals surface area contributed by atoms with Crippen molar-refractivity contribution < 1.29 is 18.7 Å². The molecule has 0 bridgehead atoms. The third-order valence-corrected chi connectivity index (χ3v) is 6.79. The Morgan fingerprint density at radius 3 is 2.89 bits per heavy atom. The molecule has 4 aromatic heterocycles. The minimum atomic E-state index is -0.559. The SMILES string of the molecule is COC(=O)Nc1ccc(N2CCC[C@@H]2c2csc(NC(=O)c3cccn3Cc3ccnc(F)c3)n2)nc1. The molecule has 1 aliphatic rings. The number of rotatable bonds is 7. The van der Waals surface area contributed by atoms with Crippen molar-refractivity contribution in [1.29, 1.82) is 0 Å². The highest BCUT2D eigenvalue weighted by Gasteiger charge is 2.29. The van der Waals surface area contributed by atoms with Gasteiger partial charge in [0.15, 0.2) is 5.13 Å². The summed E-state index contributed by atoms with van der Waals surface area (Å²) in [6.45, 7) is 1.17. The van der Waals surface area contributed by atoms with E-state index in [0.29, 0.717) is 28.6 Å². The van der Waals surface area contributed by atoms with Crippen LogP contribution in [0.4, 0.5) is 25.8 Å². The van der Waals surface area contributed by atoms with Crippen molar-refractivity contribution in [1.82, 2.24) is 19.5 Å². The van der Waals surface area contributed by atoms with Crippen molar-refractivity contribution >= 4 is 40.0 Å². The molecular weight excluding hydrogens is 497 g/mol. The summed E-state index contributed by atoms with van der Waals surface area (Å²) in [6.07, 6.45) is 6.10. The molecule has 0 aromatic carbocycles. The molecule has 5 rings (SSSR count). The number of anilines is 3. The van der Waals surface area contributed by atoms with E-state index in [1.165, 1.54) is 30.7 Å². The van der Waals surface area contributed by atoms with Gasteiger partial charge in [0.2, 0.25) is 5.95 Å². The van der Waals surface area contributed by atoms with E-state index in [1.54, 1.807) is 41.2 Å². The summed E-state index contributed by atoms with van der Waals surface area (Å²) in [7, 11) is 1.30. The first-order valence-corrected chi connectivity index (χ1v) is 12.5. The van der Waals surface area contributed by atoms with Crippen LogP contribution < -0.4 is 15.5 Å². The number of thiazole rings is 1. The van der Waals surface area contributed by atoms with Gasteiger partial charge in [0, 0.05) is 30.9 Å². The largest absolute Gasteiger partial charge is 0.453 e. The summed E-state index contributed by atoms with van der Waals surface area (Å²) >= 11 is 1.36. The van der Waals surface area contributed by atoms with Crippen LogP contribution >= 0.6 is 11.3 Å². The smallest absolute Gasteiger partial charge is 0.411 e. The average molecular weight is 522 g/mol. The maximum atomic E-state index is 13.5. The maximum Gasteiger partial charge on any atom is 0.411 e. The number of hydrogen-bond donors (Lipinski definition) is 2. The Bertz CT molecular complexity index is 1410. The van der Waals surface area contributed by atoms with Crippen LogP contribution in [0.3, 0.4) is 0 Å². The Kier molecular flexibility index (Phi) is 7.08. The van der Waals surface area contributed by atoms with Gasteiger partial charge in [0.05, 0.1) is 30.7 Å². The zero-order chi connectivity index (χ0) is 25.8. The quantitative estimate of drug-likeness (QED) is 0.339. The molecule has 4 aromatic rings. The van der Waals surface area contributed by atoms with E-state index in [0.717, 1.165) is 30.9 Å². The summed E-state index contributed by atoms with van der Waals surface area (Å²) in [6, 6.07) is 10.2. The number of methoxy groups -OCH3 is 1. The molecule has 12 heteroatoms. The molecule has 0 unspecified atom stereocenters. The number of carbonyl (C=O) groups excluding carboxylic acids is 2. The van der Waals surface area contributed by atoms with E-state index in [1.807, 2.05) is 11.4 Å². The van der Waals surface area contributed by atoms with Gasteiger partial charge >= 0.3 is 6.09 Å². The fourth-order valence-electron chi connectivity index (χ4n) is 4.30. The average Bonchev–Trinajstić information content (AvgIpc) is 3.65. The van der Waals surface area contributed by atoms with Crippen LogP contribution in [0.1, 0.15) is 40.6 Å². The van der Waals surface area contributed by atoms with Gasteiger partial charge in [-0.3, -0.25) is 15.4 Å². The minimum Gasteiger partial charge on any atom is -0.453 e. The van der Waals surface area contributed by atoms with Crippen molar-refractivity contribution in [3.63, 3.8) is 0 Å². The van der Waals surface area contributed by atoms with Crippen LogP contribution in [0.15, 0.2) is 60.4 Å². The third-order valence-electron chi connectivity index (χ3n) is 6.02. The van der Waals surface area contributed by atoms with Crippen molar-refractivity contribution in [2.75, 3.05) is 29.2 Å². The van der Waals surface area contributed by atoms with E-state index in [2.05, 4.69) is 35.2 Å². The summed E-state index contributed by atoms with van der Waals surface area (Å²) in [5.41, 5.74) is 2.56. The second kappa shape index (κ2) is 10.7. The van der Waals surface area contributed by atoms with Gasteiger partial charge in [0.25, 0.3) is 5.91 Å². The van der Waals surface area contributed by atoms with Gasteiger partial charge in [-0.25, -0.2) is 19.7 Å². The number of pyridine rings is 2. The minimum absolute atomic E-state index is 0.0271. The molecular formula is C25H24FN7O3S. The number of amides is 2. The second-order valence-electron chi connectivity index (χ2n) is 8.41. The number of nitrogens with one attached hydrogen (secondary N) is 2. The van der Waals surface area contributed by atoms with Crippen LogP contribution in [0.2, 0.25) is 0 Å². The number of nitrogens with zero attached hydrogens (tertiary/aromatic N) is 5. The molecule has 190 valence electrons. The van der Waals surface area contributed by atoms with Gasteiger partial charge in [-0.15, -0.1) is 11.3 Å². The lowest BCUT2D eigenvalue weighted by atomic mass is 10.1. The molecule has 0 aliphatic carbocycles. The normalized spacial score (nSPS) is 15.0. The van der Waals surface area contributed by atoms with E-state index in [4.69, 9.17) is 0 Å². The molecule has 1 fully saturated rings. The first-order valence-electron chi connectivity index (χ1n) is 11.6. The predicted octanol–water partition coefficient (Wildman–Crippen LogP) is 4.69. The Morgan fingerprint density at radius 2 is 2.11 bits per heavy atom. The van der Waals surface area contributed by atoms with Crippen LogP contribution in [-0.4, -0.2) is 45.2 Å². The molecule has 1 atom stereocenters. The first kappa shape index (κ1) is 24.4. The van der Waals surface area contributed by atoms with E-state index in [-0.39, 0.29) is 11.9 Å². The standard InChI is InChI=1S/C25H24FN7O3S/c1-36-25(35)29-17-6-7-22(28-13-17)33-11-3-4-19(33)18-15-37-24(30-18)31-23(34)20-5-2-10-32(20)14-16-8-9-27-21(26)12-16/h2,5-10,12-13,15,19H,3-4,11,14H2,1H3,(H,29,35)(H,30,31,34)/t19-/m1/s1. The fraction of sp³-hybridized carbons (Fsp3) is 0.240. The zero-order valence-corrected chi connectivity index (χ0v) is 20.7. The highest BCUT2D eigenvalue weighted by molar-refractivity contribution is 7.14. The Balaban J connectivity index is 1.26. The Labute approximate surface area is 216 Å². The maximum absolute atomic E-state index is 13.5. The molecule has 0 spiro atoms. The summed E-state index contributed by atoms with van der Waals surface area (Å²) in [4.78, 5) is 39.3. The molecule has 0 radical (unpaired) electrons. The lowest BCUT2D eigenvalue weighted by Crippen LogP contribution is -2.24. The Morgan fingerprint density at radius 1 is 1.22 bits per heavy atom. The number of aromatic nitrogens is 4. The molecule has 0 saturated carbocycles. The van der Waals surface area contributed by atoms with E-state index in [9.17, 15) is 14.0 Å². The molecule has 37 heavy (non-hydrogen) atoms. The summed E-state index contributed by atoms with van der Waals surface area (Å²) < 4.78 is 19.8. The van der Waals surface area contributed by atoms with Gasteiger partial charge in [-0.1, -0.05) is 0 Å². The van der Waals surface area contributed by atoms with E-state index >= 15 is 0 Å². The van der Waals surface area contributed by atoms with Crippen LogP contribution in [0, 0.1) is 5.95 Å². The number of halogens is 1. The van der Waals surface area contributed by atoms with Crippen molar-refractivity contribution in [2.45, 2.75) is 25.4 Å². The Hall–Kier alpha value is -4.32. The molecule has 1 aliphatic heterocycles. The van der Waals surface area contributed by atoms with Gasteiger partial charge in [0.1, 0.15) is 11.5 Å². The highest BCUT2D eigenvalue weighted by Crippen LogP contribution is 2.36. The molecule has 2 N–H and O–H groups in total. The van der Waals surface area contributed by atoms with Crippen LogP contribution in [0.25, 0.3) is 0 Å². The third kappa shape index (κ3) is 5.59. The number of carbonyl (C=O) groups is 2. The van der Waals surface area contributed by atoms with Crippen molar-refractivity contribution in [3.05, 3.63) is 83.3 Å². The number of hydrogen-bond acceptors (Lipinski definition) is 8. The van der Waals surface area contributed by atoms with Crippen molar-refractivity contribution in [3.8, 4) is 0 Å². The molecule has 10 nitrogen and oxygen atoms in total. The van der Waals surface area contributed by atoms with Gasteiger partial charge < -0.3 is 14.2 Å². The lowest BCUT2D eigenvalue weighted by Gasteiger charge is -2.24. The highest BCUT2D eigenvalue weighted by atomic mass is 32.1. The van der Waals surface area contributed by atoms with Crippen LogP contribution in [-0.2, 0) is 11.3 Å². The summed E-state index contributed by atoms with van der Waals surface area (Å²) in [5, 5.41) is 7.93. The van der Waals surface area contributed by atoms with Gasteiger partial charge in [-0.05, 0) is 54.8 Å². The molecule has 1 saturated heterocycles. The topological polar surface area (TPSA) is 114 Å². The number of ether oxygens (including phenoxy) is 1. The molecule has 2 amide bonds. The van der Waals surface area contributed by atoms with Crippen LogP contribution in [0.5, 0.6) is 0 Å². The second-order valence-corrected chi connectivity index (χ2v) is 9.27. The monoisotopic (exact) mass is 521 g/mol. The predicted molar refractivity (Wildman–Crippen MR) is 137 cm³/mol. The van der Waals surface area contributed by atoms with Gasteiger partial charge in [-0.2, -0.15) is 4.39 Å². The summed E-state index contributed by atoms with van der Waals surface area (Å²) in [5.74, 6) is -0.0723. The lowest BCUT2D eigenvalue weighted by molar-refractivity contribution is 0.101. The molecule has 5 heterocycles. The zero-order valence-electron chi connectivity index (χ0n) is 19.9. The fourth-order valence-corrected chi connectivity index (χ4v) is 5.05. The van der Waals surface area contributed by atoms with E-state index < -0.39 is 12.0 Å². The first-order chi connectivity index (χ1) is 18.0. The van der Waals surface area contributed by atoms with Crippen molar-refractivity contribution in [2.24, 2.45) is 0 Å².